The fourth-order valence-electron chi connectivity index (χ4n) is 4.22. The van der Waals surface area contributed by atoms with Crippen molar-refractivity contribution in [3.05, 3.63) is 82.3 Å². The van der Waals surface area contributed by atoms with Gasteiger partial charge in [-0.3, -0.25) is 9.59 Å². The number of fused-ring (bicyclic) bond motifs is 1. The molecule has 0 aliphatic carbocycles. The second-order valence-electron chi connectivity index (χ2n) is 9.27. The summed E-state index contributed by atoms with van der Waals surface area (Å²) in [6.45, 7) is 9.80. The lowest BCUT2D eigenvalue weighted by molar-refractivity contribution is -0.118. The van der Waals surface area contributed by atoms with E-state index < -0.39 is 12.0 Å². The van der Waals surface area contributed by atoms with Gasteiger partial charge in [0.15, 0.2) is 0 Å². The first-order valence-electron chi connectivity index (χ1n) is 10.6. The zero-order chi connectivity index (χ0) is 23.2. The zero-order valence-corrected chi connectivity index (χ0v) is 18.9. The van der Waals surface area contributed by atoms with Gasteiger partial charge in [0.25, 0.3) is 5.91 Å². The molecule has 4 rings (SSSR count). The molecule has 0 bridgehead atoms. The van der Waals surface area contributed by atoms with Gasteiger partial charge in [-0.15, -0.1) is 0 Å². The third-order valence-electron chi connectivity index (χ3n) is 5.71. The molecule has 0 radical (unpaired) electrons. The molecule has 1 aliphatic heterocycles. The molecule has 0 spiro atoms. The van der Waals surface area contributed by atoms with E-state index in [0.717, 1.165) is 22.4 Å². The van der Waals surface area contributed by atoms with E-state index in [4.69, 9.17) is 0 Å². The minimum absolute atomic E-state index is 0.335. The normalized spacial score (nSPS) is 18.1. The number of nitrogens with zero attached hydrogens (tertiary/aromatic N) is 2. The maximum absolute atomic E-state index is 13.7. The summed E-state index contributed by atoms with van der Waals surface area (Å²) in [5.41, 5.74) is 3.36. The first kappa shape index (κ1) is 21.7. The fourth-order valence-corrected chi connectivity index (χ4v) is 4.22. The number of aryl methyl sites for hydroxylation is 2. The second kappa shape index (κ2) is 7.89. The van der Waals surface area contributed by atoms with Crippen molar-refractivity contribution in [2.75, 3.05) is 5.32 Å². The van der Waals surface area contributed by atoms with E-state index in [0.29, 0.717) is 11.4 Å². The first-order valence-corrected chi connectivity index (χ1v) is 10.6. The van der Waals surface area contributed by atoms with Crippen LogP contribution in [0.15, 0.2) is 48.5 Å². The van der Waals surface area contributed by atoms with Gasteiger partial charge in [-0.1, -0.05) is 29.8 Å². The molecule has 0 unspecified atom stereocenters. The molecular weight excluding hydrogens is 407 g/mol. The van der Waals surface area contributed by atoms with Crippen molar-refractivity contribution < 1.29 is 14.0 Å². The molecule has 7 heteroatoms. The lowest BCUT2D eigenvalue weighted by atomic mass is 9.81. The molecule has 3 aromatic rings. The molecule has 2 atom stereocenters. The fraction of sp³-hybridized carbons (Fsp3) is 0.320. The molecule has 0 saturated carbocycles. The van der Waals surface area contributed by atoms with Crippen LogP contribution in [0, 0.1) is 19.7 Å². The molecule has 0 saturated heterocycles. The summed E-state index contributed by atoms with van der Waals surface area (Å²) in [5, 5.41) is 10.6. The lowest BCUT2D eigenvalue weighted by Gasteiger charge is -2.34. The summed E-state index contributed by atoms with van der Waals surface area (Å²) in [4.78, 5) is 26.3. The van der Waals surface area contributed by atoms with Gasteiger partial charge in [0.05, 0.1) is 11.2 Å². The summed E-state index contributed by atoms with van der Waals surface area (Å²) in [6.07, 6.45) is 0. The van der Waals surface area contributed by atoms with Crippen LogP contribution in [-0.2, 0) is 10.3 Å². The number of anilines is 1. The van der Waals surface area contributed by atoms with Crippen molar-refractivity contribution >= 4 is 17.6 Å². The summed E-state index contributed by atoms with van der Waals surface area (Å²) in [6, 6.07) is 12.4. The molecule has 2 N–H and O–H groups in total. The number of carbonyl (C=O) groups excluding carboxylic acids is 2. The van der Waals surface area contributed by atoms with E-state index in [-0.39, 0.29) is 23.2 Å². The maximum Gasteiger partial charge on any atom is 0.251 e. The molecule has 1 aromatic heterocycles. The molecule has 166 valence electrons. The summed E-state index contributed by atoms with van der Waals surface area (Å²) < 4.78 is 15.5. The largest absolute Gasteiger partial charge is 0.339 e. The number of nitrogens with one attached hydrogen (secondary N) is 2. The Labute approximate surface area is 186 Å². The minimum atomic E-state index is -0.878. The van der Waals surface area contributed by atoms with Crippen LogP contribution in [0.25, 0.3) is 0 Å². The Kier molecular flexibility index (Phi) is 5.36. The number of amides is 2. The Bertz CT molecular complexity index is 1190. The molecule has 2 aromatic carbocycles. The van der Waals surface area contributed by atoms with Crippen molar-refractivity contribution in [2.45, 2.75) is 52.1 Å². The first-order chi connectivity index (χ1) is 15.1. The van der Waals surface area contributed by atoms with E-state index in [9.17, 15) is 14.0 Å². The van der Waals surface area contributed by atoms with Crippen molar-refractivity contribution in [3.63, 3.8) is 0 Å². The van der Waals surface area contributed by atoms with Crippen LogP contribution in [0.3, 0.4) is 0 Å². The zero-order valence-electron chi connectivity index (χ0n) is 18.9. The number of hydrogen-bond donors (Lipinski definition) is 2. The van der Waals surface area contributed by atoms with Gasteiger partial charge in [0.2, 0.25) is 5.91 Å². The van der Waals surface area contributed by atoms with Crippen molar-refractivity contribution in [2.24, 2.45) is 0 Å². The average molecular weight is 435 g/mol. The van der Waals surface area contributed by atoms with E-state index in [1.54, 1.807) is 35.0 Å². The quantitative estimate of drug-likeness (QED) is 0.646. The van der Waals surface area contributed by atoms with Crippen molar-refractivity contribution in [3.8, 4) is 0 Å². The number of carbonyl (C=O) groups is 2. The van der Waals surface area contributed by atoms with Crippen LogP contribution in [0.1, 0.15) is 59.4 Å². The Morgan fingerprint density at radius 1 is 1.12 bits per heavy atom. The number of aromatic nitrogens is 2. The highest BCUT2D eigenvalue weighted by Crippen LogP contribution is 2.41. The van der Waals surface area contributed by atoms with Crippen LogP contribution in [0.4, 0.5) is 10.2 Å². The van der Waals surface area contributed by atoms with Crippen LogP contribution >= 0.6 is 0 Å². The predicted octanol–water partition coefficient (Wildman–Crippen LogP) is 4.28. The molecule has 1 aliphatic rings. The van der Waals surface area contributed by atoms with Gasteiger partial charge in [-0.2, -0.15) is 5.10 Å². The highest BCUT2D eigenvalue weighted by Gasteiger charge is 2.42. The standard InChI is InChI=1S/C25H27FN4O2/c1-14-7-6-8-17(13-14)23(31)27-21-20(16-9-11-18(26)12-10-16)19-15(2)29-30(25(3,4)5)22(19)28-24(21)32/h6-13,20-21H,1-5H3,(H,27,31)(H,28,32)/t20-,21+/m0/s1. The molecule has 6 nitrogen and oxygen atoms in total. The topological polar surface area (TPSA) is 76.0 Å². The van der Waals surface area contributed by atoms with Gasteiger partial charge in [-0.05, 0) is 64.4 Å². The van der Waals surface area contributed by atoms with E-state index in [1.807, 2.05) is 40.7 Å². The maximum atomic E-state index is 13.7. The monoisotopic (exact) mass is 434 g/mol. The van der Waals surface area contributed by atoms with E-state index in [1.165, 1.54) is 12.1 Å². The molecule has 32 heavy (non-hydrogen) atoms. The summed E-state index contributed by atoms with van der Waals surface area (Å²) in [5.74, 6) is -0.945. The predicted molar refractivity (Wildman–Crippen MR) is 121 cm³/mol. The third-order valence-corrected chi connectivity index (χ3v) is 5.71. The van der Waals surface area contributed by atoms with Crippen molar-refractivity contribution in [1.82, 2.24) is 15.1 Å². The summed E-state index contributed by atoms with van der Waals surface area (Å²) >= 11 is 0. The Morgan fingerprint density at radius 3 is 2.44 bits per heavy atom. The van der Waals surface area contributed by atoms with Gasteiger partial charge in [0.1, 0.15) is 17.7 Å². The molecule has 2 heterocycles. The lowest BCUT2D eigenvalue weighted by Crippen LogP contribution is -2.51. The SMILES string of the molecule is Cc1cccc(C(=O)N[C@H]2C(=O)Nc3c(c(C)nn3C(C)(C)C)[C@@H]2c2ccc(F)cc2)c1. The van der Waals surface area contributed by atoms with Gasteiger partial charge in [0, 0.05) is 17.0 Å². The number of hydrogen-bond acceptors (Lipinski definition) is 3. The molecule has 2 amide bonds. The van der Waals surface area contributed by atoms with Gasteiger partial charge in [-0.25, -0.2) is 9.07 Å². The Balaban J connectivity index is 1.83. The summed E-state index contributed by atoms with van der Waals surface area (Å²) in [7, 11) is 0. The highest BCUT2D eigenvalue weighted by atomic mass is 19.1. The molecular formula is C25H27FN4O2. The molecule has 0 fully saturated rings. The average Bonchev–Trinajstić information content (AvgIpc) is 3.05. The van der Waals surface area contributed by atoms with Crippen LogP contribution in [0.5, 0.6) is 0 Å². The van der Waals surface area contributed by atoms with E-state index >= 15 is 0 Å². The van der Waals surface area contributed by atoms with Gasteiger partial charge < -0.3 is 10.6 Å². The second-order valence-corrected chi connectivity index (χ2v) is 9.27. The van der Waals surface area contributed by atoms with Crippen LogP contribution in [-0.4, -0.2) is 27.6 Å². The number of benzene rings is 2. The van der Waals surface area contributed by atoms with Crippen LogP contribution in [0.2, 0.25) is 0 Å². The Morgan fingerprint density at radius 2 is 1.81 bits per heavy atom. The van der Waals surface area contributed by atoms with E-state index in [2.05, 4.69) is 15.7 Å². The minimum Gasteiger partial charge on any atom is -0.339 e. The van der Waals surface area contributed by atoms with Crippen LogP contribution < -0.4 is 10.6 Å². The number of halogens is 1. The smallest absolute Gasteiger partial charge is 0.251 e. The third kappa shape index (κ3) is 3.90. The van der Waals surface area contributed by atoms with Crippen molar-refractivity contribution in [1.29, 1.82) is 0 Å². The van der Waals surface area contributed by atoms with Gasteiger partial charge >= 0.3 is 0 Å². The highest BCUT2D eigenvalue weighted by molar-refractivity contribution is 6.04. The number of rotatable bonds is 3. The Hall–Kier alpha value is -3.48.